The number of fused-ring (bicyclic) bond motifs is 1. The van der Waals surface area contributed by atoms with Gasteiger partial charge in [-0.1, -0.05) is 6.07 Å². The van der Waals surface area contributed by atoms with Gasteiger partial charge in [-0.05, 0) is 36.4 Å². The Bertz CT molecular complexity index is 1080. The number of aromatic hydroxyl groups is 1. The molecule has 8 nitrogen and oxygen atoms in total. The van der Waals surface area contributed by atoms with E-state index in [9.17, 15) is 14.3 Å². The van der Waals surface area contributed by atoms with Crippen LogP contribution in [0.5, 0.6) is 11.5 Å². The first kappa shape index (κ1) is 20.8. The SMILES string of the molecule is COc1ccc(O)c(CN2CCc3nnc(CNC(=O)c4cccc(F)c4)n3CC2)c1. The van der Waals surface area contributed by atoms with Gasteiger partial charge in [0.05, 0.1) is 13.7 Å². The van der Waals surface area contributed by atoms with Gasteiger partial charge >= 0.3 is 0 Å². The summed E-state index contributed by atoms with van der Waals surface area (Å²) in [5, 5.41) is 21.4. The second kappa shape index (κ2) is 9.13. The Morgan fingerprint density at radius 2 is 2.06 bits per heavy atom. The topological polar surface area (TPSA) is 92.5 Å². The second-order valence-electron chi connectivity index (χ2n) is 7.40. The number of benzene rings is 2. The summed E-state index contributed by atoms with van der Waals surface area (Å²) < 4.78 is 20.6. The zero-order valence-electron chi connectivity index (χ0n) is 17.2. The molecule has 0 bridgehead atoms. The van der Waals surface area contributed by atoms with Gasteiger partial charge in [0.2, 0.25) is 0 Å². The number of halogens is 1. The quantitative estimate of drug-likeness (QED) is 0.629. The molecule has 1 amide bonds. The fraction of sp³-hybridized carbons (Fsp3) is 0.318. The standard InChI is InChI=1S/C22H24FN5O3/c1-31-18-5-6-19(29)16(12-18)14-27-8-7-20-25-26-21(28(20)10-9-27)13-24-22(30)15-3-2-4-17(23)11-15/h2-6,11-12,29H,7-10,13-14H2,1H3,(H,24,30). The number of carbonyl (C=O) groups is 1. The molecule has 1 aliphatic rings. The predicted octanol–water partition coefficient (Wildman–Crippen LogP) is 2.12. The molecule has 0 fully saturated rings. The Kier molecular flexibility index (Phi) is 6.13. The van der Waals surface area contributed by atoms with Gasteiger partial charge in [0, 0.05) is 43.7 Å². The fourth-order valence-corrected chi connectivity index (χ4v) is 3.66. The van der Waals surface area contributed by atoms with E-state index in [0.29, 0.717) is 31.1 Å². The van der Waals surface area contributed by atoms with Crippen LogP contribution in [-0.4, -0.2) is 50.9 Å². The number of carbonyl (C=O) groups excluding carboxylic acids is 1. The molecule has 4 rings (SSSR count). The summed E-state index contributed by atoms with van der Waals surface area (Å²) in [6.07, 6.45) is 0.704. The molecule has 2 N–H and O–H groups in total. The number of phenolic OH excluding ortho intramolecular Hbond substituents is 1. The smallest absolute Gasteiger partial charge is 0.251 e. The number of hydrogen-bond acceptors (Lipinski definition) is 6. The average molecular weight is 425 g/mol. The van der Waals surface area contributed by atoms with Crippen LogP contribution in [0.1, 0.15) is 27.6 Å². The zero-order chi connectivity index (χ0) is 21.8. The molecular formula is C22H24FN5O3. The van der Waals surface area contributed by atoms with E-state index in [2.05, 4.69) is 20.4 Å². The summed E-state index contributed by atoms with van der Waals surface area (Å²) in [7, 11) is 1.60. The Balaban J connectivity index is 1.39. The zero-order valence-corrected chi connectivity index (χ0v) is 17.2. The molecule has 3 aromatic rings. The molecule has 31 heavy (non-hydrogen) atoms. The van der Waals surface area contributed by atoms with Crippen molar-refractivity contribution in [2.24, 2.45) is 0 Å². The summed E-state index contributed by atoms with van der Waals surface area (Å²) in [5.74, 6) is 1.64. The highest BCUT2D eigenvalue weighted by Gasteiger charge is 2.20. The first-order chi connectivity index (χ1) is 15.0. The maximum atomic E-state index is 13.3. The monoisotopic (exact) mass is 425 g/mol. The molecule has 0 saturated heterocycles. The van der Waals surface area contributed by atoms with Crippen molar-refractivity contribution in [3.63, 3.8) is 0 Å². The van der Waals surface area contributed by atoms with Crippen molar-refractivity contribution >= 4 is 5.91 Å². The summed E-state index contributed by atoms with van der Waals surface area (Å²) in [4.78, 5) is 14.5. The van der Waals surface area contributed by atoms with Crippen LogP contribution in [0.2, 0.25) is 0 Å². The van der Waals surface area contributed by atoms with Crippen LogP contribution in [0.3, 0.4) is 0 Å². The summed E-state index contributed by atoms with van der Waals surface area (Å²) in [6, 6.07) is 10.8. The van der Waals surface area contributed by atoms with Gasteiger partial charge in [-0.25, -0.2) is 4.39 Å². The summed E-state index contributed by atoms with van der Waals surface area (Å²) in [5.41, 5.74) is 1.07. The number of nitrogens with one attached hydrogen (secondary N) is 1. The van der Waals surface area contributed by atoms with Crippen molar-refractivity contribution in [2.75, 3.05) is 20.2 Å². The number of methoxy groups -OCH3 is 1. The van der Waals surface area contributed by atoms with Crippen LogP contribution < -0.4 is 10.1 Å². The van der Waals surface area contributed by atoms with E-state index in [0.717, 1.165) is 24.5 Å². The van der Waals surface area contributed by atoms with Crippen LogP contribution in [0.4, 0.5) is 4.39 Å². The minimum absolute atomic E-state index is 0.207. The number of rotatable bonds is 6. The van der Waals surface area contributed by atoms with E-state index in [1.54, 1.807) is 25.3 Å². The predicted molar refractivity (Wildman–Crippen MR) is 111 cm³/mol. The summed E-state index contributed by atoms with van der Waals surface area (Å²) >= 11 is 0. The third kappa shape index (κ3) is 4.83. The van der Waals surface area contributed by atoms with Crippen LogP contribution >= 0.6 is 0 Å². The van der Waals surface area contributed by atoms with Crippen LogP contribution in [0.25, 0.3) is 0 Å². The lowest BCUT2D eigenvalue weighted by atomic mass is 10.1. The molecule has 9 heteroatoms. The van der Waals surface area contributed by atoms with Crippen LogP contribution in [0.15, 0.2) is 42.5 Å². The Labute approximate surface area is 179 Å². The average Bonchev–Trinajstić information content (AvgIpc) is 3.05. The van der Waals surface area contributed by atoms with E-state index in [1.807, 2.05) is 10.6 Å². The Morgan fingerprint density at radius 1 is 1.19 bits per heavy atom. The number of amides is 1. The molecule has 2 heterocycles. The van der Waals surface area contributed by atoms with Gasteiger partial charge < -0.3 is 19.7 Å². The Morgan fingerprint density at radius 3 is 2.87 bits per heavy atom. The first-order valence-corrected chi connectivity index (χ1v) is 10.1. The molecule has 2 aromatic carbocycles. The van der Waals surface area contributed by atoms with Crippen molar-refractivity contribution in [3.8, 4) is 11.5 Å². The lowest BCUT2D eigenvalue weighted by Gasteiger charge is -2.20. The summed E-state index contributed by atoms with van der Waals surface area (Å²) in [6.45, 7) is 2.97. The lowest BCUT2D eigenvalue weighted by Crippen LogP contribution is -2.28. The minimum Gasteiger partial charge on any atom is -0.508 e. The first-order valence-electron chi connectivity index (χ1n) is 10.1. The van der Waals surface area contributed by atoms with Gasteiger partial charge in [0.15, 0.2) is 5.82 Å². The highest BCUT2D eigenvalue weighted by atomic mass is 19.1. The normalized spacial score (nSPS) is 14.0. The molecule has 0 saturated carbocycles. The van der Waals surface area contributed by atoms with Gasteiger partial charge in [-0.3, -0.25) is 9.69 Å². The molecule has 0 unspecified atom stereocenters. The van der Waals surface area contributed by atoms with Crippen molar-refractivity contribution in [3.05, 3.63) is 71.1 Å². The van der Waals surface area contributed by atoms with Gasteiger partial charge in [-0.15, -0.1) is 10.2 Å². The van der Waals surface area contributed by atoms with Crippen LogP contribution in [-0.2, 0) is 26.1 Å². The van der Waals surface area contributed by atoms with E-state index >= 15 is 0 Å². The van der Waals surface area contributed by atoms with E-state index < -0.39 is 5.82 Å². The third-order valence-corrected chi connectivity index (χ3v) is 5.37. The minimum atomic E-state index is -0.453. The van der Waals surface area contributed by atoms with E-state index in [-0.39, 0.29) is 23.8 Å². The molecule has 0 atom stereocenters. The lowest BCUT2D eigenvalue weighted by molar-refractivity contribution is 0.0949. The van der Waals surface area contributed by atoms with Crippen molar-refractivity contribution in [2.45, 2.75) is 26.1 Å². The van der Waals surface area contributed by atoms with Gasteiger partial charge in [0.1, 0.15) is 23.1 Å². The maximum absolute atomic E-state index is 13.3. The number of aromatic nitrogens is 3. The molecule has 1 aromatic heterocycles. The number of ether oxygens (including phenoxy) is 1. The highest BCUT2D eigenvalue weighted by molar-refractivity contribution is 5.94. The maximum Gasteiger partial charge on any atom is 0.251 e. The number of nitrogens with zero attached hydrogens (tertiary/aromatic N) is 4. The third-order valence-electron chi connectivity index (χ3n) is 5.37. The molecule has 0 spiro atoms. The van der Waals surface area contributed by atoms with Gasteiger partial charge in [0.25, 0.3) is 5.91 Å². The fourth-order valence-electron chi connectivity index (χ4n) is 3.66. The molecule has 0 radical (unpaired) electrons. The number of hydrogen-bond donors (Lipinski definition) is 2. The van der Waals surface area contributed by atoms with E-state index in [1.165, 1.54) is 18.2 Å². The highest BCUT2D eigenvalue weighted by Crippen LogP contribution is 2.25. The molecule has 162 valence electrons. The van der Waals surface area contributed by atoms with E-state index in [4.69, 9.17) is 4.74 Å². The molecule has 1 aliphatic heterocycles. The van der Waals surface area contributed by atoms with Gasteiger partial charge in [-0.2, -0.15) is 0 Å². The van der Waals surface area contributed by atoms with Crippen molar-refractivity contribution in [1.29, 1.82) is 0 Å². The molecular weight excluding hydrogens is 401 g/mol. The Hall–Kier alpha value is -3.46. The number of phenols is 1. The largest absolute Gasteiger partial charge is 0.508 e. The van der Waals surface area contributed by atoms with Crippen molar-refractivity contribution in [1.82, 2.24) is 25.0 Å². The van der Waals surface area contributed by atoms with Crippen LogP contribution in [0, 0.1) is 5.82 Å². The molecule has 0 aliphatic carbocycles. The second-order valence-corrected chi connectivity index (χ2v) is 7.40. The van der Waals surface area contributed by atoms with Crippen molar-refractivity contribution < 1.29 is 19.0 Å².